The van der Waals surface area contributed by atoms with Crippen molar-refractivity contribution >= 4 is 0 Å². The molecule has 0 saturated heterocycles. The Morgan fingerprint density at radius 2 is 1.32 bits per heavy atom. The van der Waals surface area contributed by atoms with Gasteiger partial charge in [-0.05, 0) is 18.1 Å². The van der Waals surface area contributed by atoms with E-state index in [1.54, 1.807) is 12.1 Å². The van der Waals surface area contributed by atoms with Gasteiger partial charge in [0, 0.05) is 5.56 Å². The number of rotatable bonds is 3. The average molecular weight is 262 g/mol. The third kappa shape index (κ3) is 2.70. The van der Waals surface area contributed by atoms with Crippen molar-refractivity contribution in [2.24, 2.45) is 0 Å². The summed E-state index contributed by atoms with van der Waals surface area (Å²) >= 11 is 0. The summed E-state index contributed by atoms with van der Waals surface area (Å²) in [7, 11) is 0. The van der Waals surface area contributed by atoms with Gasteiger partial charge in [0.05, 0.1) is 0 Å². The molecule has 0 radical (unpaired) electrons. The van der Waals surface area contributed by atoms with Gasteiger partial charge in [-0.15, -0.1) is 0 Å². The minimum atomic E-state index is -3.63. The molecule has 3 heteroatoms. The Morgan fingerprint density at radius 1 is 0.895 bits per heavy atom. The molecule has 0 aliphatic heterocycles. The molecular formula is C16H13F3. The second kappa shape index (κ2) is 4.92. The lowest BCUT2D eigenvalue weighted by atomic mass is 10.0. The van der Waals surface area contributed by atoms with E-state index in [0.717, 1.165) is 16.7 Å². The average Bonchev–Trinajstić information content (AvgIpc) is 2.39. The standard InChI is InChI=1S/C16H13F3/c1-11-3-5-13(6-4-11)14-7-9-15(10-8-14)16(18,19)12(2)17/h3-10H,2H2,1H3. The van der Waals surface area contributed by atoms with Gasteiger partial charge in [0.1, 0.15) is 0 Å². The summed E-state index contributed by atoms with van der Waals surface area (Å²) in [5.41, 5.74) is 2.47. The van der Waals surface area contributed by atoms with Crippen molar-refractivity contribution in [1.29, 1.82) is 0 Å². The molecule has 0 aliphatic rings. The first-order valence-electron chi connectivity index (χ1n) is 5.81. The van der Waals surface area contributed by atoms with E-state index in [0.29, 0.717) is 0 Å². The van der Waals surface area contributed by atoms with Crippen LogP contribution in [0.4, 0.5) is 13.2 Å². The number of benzene rings is 2. The fourth-order valence-corrected chi connectivity index (χ4v) is 1.77. The molecule has 2 rings (SSSR count). The molecule has 0 fully saturated rings. The third-order valence-corrected chi connectivity index (χ3v) is 2.97. The highest BCUT2D eigenvalue weighted by molar-refractivity contribution is 5.64. The van der Waals surface area contributed by atoms with Gasteiger partial charge >= 0.3 is 5.92 Å². The van der Waals surface area contributed by atoms with E-state index in [-0.39, 0.29) is 0 Å². The summed E-state index contributed by atoms with van der Waals surface area (Å²) in [4.78, 5) is 0. The molecule has 19 heavy (non-hydrogen) atoms. The monoisotopic (exact) mass is 262 g/mol. The van der Waals surface area contributed by atoms with E-state index in [9.17, 15) is 13.2 Å². The van der Waals surface area contributed by atoms with E-state index in [2.05, 4.69) is 6.58 Å². The van der Waals surface area contributed by atoms with E-state index < -0.39 is 17.3 Å². The van der Waals surface area contributed by atoms with Crippen molar-refractivity contribution in [3.05, 3.63) is 72.1 Å². The Morgan fingerprint density at radius 3 is 1.74 bits per heavy atom. The Hall–Kier alpha value is -2.03. The molecule has 0 aliphatic carbocycles. The third-order valence-electron chi connectivity index (χ3n) is 2.97. The zero-order valence-electron chi connectivity index (χ0n) is 10.5. The SMILES string of the molecule is C=C(F)C(F)(F)c1ccc(-c2ccc(C)cc2)cc1. The topological polar surface area (TPSA) is 0 Å². The quantitative estimate of drug-likeness (QED) is 0.709. The summed E-state index contributed by atoms with van der Waals surface area (Å²) in [5.74, 6) is -5.28. The Balaban J connectivity index is 2.33. The Labute approximate surface area is 110 Å². The molecule has 0 N–H and O–H groups in total. The predicted octanol–water partition coefficient (Wildman–Crippen LogP) is 5.24. The van der Waals surface area contributed by atoms with Crippen LogP contribution in [0.3, 0.4) is 0 Å². The number of halogens is 3. The van der Waals surface area contributed by atoms with Crippen molar-refractivity contribution < 1.29 is 13.2 Å². The van der Waals surface area contributed by atoms with Gasteiger partial charge in [0.25, 0.3) is 0 Å². The maximum atomic E-state index is 13.4. The van der Waals surface area contributed by atoms with Gasteiger partial charge in [-0.3, -0.25) is 0 Å². The number of hydrogen-bond donors (Lipinski definition) is 0. The lowest BCUT2D eigenvalue weighted by molar-refractivity contribution is 0.0145. The molecule has 0 nitrogen and oxygen atoms in total. The van der Waals surface area contributed by atoms with Crippen LogP contribution in [0.15, 0.2) is 60.9 Å². The summed E-state index contributed by atoms with van der Waals surface area (Å²) in [6, 6.07) is 13.3. The first-order valence-corrected chi connectivity index (χ1v) is 5.81. The van der Waals surface area contributed by atoms with Gasteiger partial charge in [0.2, 0.25) is 0 Å². The predicted molar refractivity (Wildman–Crippen MR) is 70.8 cm³/mol. The minimum Gasteiger partial charge on any atom is -0.205 e. The normalized spacial score (nSPS) is 11.4. The molecule has 0 aromatic heterocycles. The summed E-state index contributed by atoms with van der Waals surface area (Å²) < 4.78 is 39.5. The van der Waals surface area contributed by atoms with Crippen molar-refractivity contribution in [2.75, 3.05) is 0 Å². The second-order valence-electron chi connectivity index (χ2n) is 4.42. The largest absolute Gasteiger partial charge is 0.323 e. The highest BCUT2D eigenvalue weighted by Crippen LogP contribution is 2.36. The first-order chi connectivity index (χ1) is 8.91. The maximum absolute atomic E-state index is 13.4. The Kier molecular flexibility index (Phi) is 3.47. The van der Waals surface area contributed by atoms with Crippen molar-refractivity contribution in [2.45, 2.75) is 12.8 Å². The van der Waals surface area contributed by atoms with E-state index >= 15 is 0 Å². The van der Waals surface area contributed by atoms with Crippen LogP contribution in [0.1, 0.15) is 11.1 Å². The van der Waals surface area contributed by atoms with Gasteiger partial charge in [-0.2, -0.15) is 8.78 Å². The highest BCUT2D eigenvalue weighted by atomic mass is 19.3. The second-order valence-corrected chi connectivity index (χ2v) is 4.42. The number of allylic oxidation sites excluding steroid dienone is 1. The molecule has 2 aromatic rings. The molecule has 98 valence electrons. The van der Waals surface area contributed by atoms with Crippen LogP contribution in [0.5, 0.6) is 0 Å². The van der Waals surface area contributed by atoms with Crippen LogP contribution in [-0.2, 0) is 5.92 Å². The first kappa shape index (κ1) is 13.4. The Bertz CT molecular complexity index is 580. The molecule has 0 atom stereocenters. The van der Waals surface area contributed by atoms with Crippen LogP contribution >= 0.6 is 0 Å². The zero-order valence-corrected chi connectivity index (χ0v) is 10.5. The van der Waals surface area contributed by atoms with Crippen LogP contribution in [0.25, 0.3) is 11.1 Å². The van der Waals surface area contributed by atoms with Gasteiger partial charge in [-0.25, -0.2) is 4.39 Å². The van der Waals surface area contributed by atoms with Gasteiger partial charge in [-0.1, -0.05) is 60.7 Å². The molecule has 0 saturated carbocycles. The van der Waals surface area contributed by atoms with E-state index in [1.807, 2.05) is 31.2 Å². The molecular weight excluding hydrogens is 249 g/mol. The van der Waals surface area contributed by atoms with E-state index in [4.69, 9.17) is 0 Å². The van der Waals surface area contributed by atoms with Crippen molar-refractivity contribution in [3.8, 4) is 11.1 Å². The summed E-state index contributed by atoms with van der Waals surface area (Å²) in [5, 5.41) is 0. The molecule has 2 aromatic carbocycles. The smallest absolute Gasteiger partial charge is 0.205 e. The van der Waals surface area contributed by atoms with Gasteiger partial charge in [0.15, 0.2) is 5.83 Å². The zero-order chi connectivity index (χ0) is 14.0. The van der Waals surface area contributed by atoms with Crippen molar-refractivity contribution in [1.82, 2.24) is 0 Å². The molecule has 0 heterocycles. The summed E-state index contributed by atoms with van der Waals surface area (Å²) in [6.45, 7) is 4.65. The van der Waals surface area contributed by atoms with Crippen LogP contribution < -0.4 is 0 Å². The van der Waals surface area contributed by atoms with Crippen LogP contribution in [-0.4, -0.2) is 0 Å². The maximum Gasteiger partial charge on any atom is 0.323 e. The minimum absolute atomic E-state index is 0.393. The fourth-order valence-electron chi connectivity index (χ4n) is 1.77. The number of hydrogen-bond acceptors (Lipinski definition) is 0. The van der Waals surface area contributed by atoms with Crippen LogP contribution in [0, 0.1) is 6.92 Å². The van der Waals surface area contributed by atoms with E-state index in [1.165, 1.54) is 12.1 Å². The summed E-state index contributed by atoms with van der Waals surface area (Å²) in [6.07, 6.45) is 0. The number of aryl methyl sites for hydroxylation is 1. The number of alkyl halides is 2. The molecule has 0 bridgehead atoms. The molecule has 0 unspecified atom stereocenters. The molecule has 0 spiro atoms. The molecule has 0 amide bonds. The van der Waals surface area contributed by atoms with Crippen molar-refractivity contribution in [3.63, 3.8) is 0 Å². The van der Waals surface area contributed by atoms with Gasteiger partial charge < -0.3 is 0 Å². The van der Waals surface area contributed by atoms with Crippen LogP contribution in [0.2, 0.25) is 0 Å². The lowest BCUT2D eigenvalue weighted by Crippen LogP contribution is -2.13. The fraction of sp³-hybridized carbons (Fsp3) is 0.125. The highest BCUT2D eigenvalue weighted by Gasteiger charge is 2.35. The lowest BCUT2D eigenvalue weighted by Gasteiger charge is -2.14.